The number of aromatic hydroxyl groups is 1. The van der Waals surface area contributed by atoms with E-state index in [0.29, 0.717) is 11.4 Å². The third-order valence-corrected chi connectivity index (χ3v) is 14.1. The molecule has 0 aliphatic heterocycles. The van der Waals surface area contributed by atoms with Crippen molar-refractivity contribution in [2.24, 2.45) is 0 Å². The Morgan fingerprint density at radius 2 is 1.21 bits per heavy atom. The maximum Gasteiger partial charge on any atom is 0.148 e. The van der Waals surface area contributed by atoms with Crippen molar-refractivity contribution in [2.45, 2.75) is 96.8 Å². The van der Waals surface area contributed by atoms with E-state index < -0.39 is 16.7 Å². The molecule has 9 aromatic rings. The zero-order valence-electron chi connectivity index (χ0n) is 41.8. The second-order valence-corrected chi connectivity index (χ2v) is 21.4. The van der Waals surface area contributed by atoms with E-state index in [1.807, 2.05) is 30.5 Å². The maximum atomic E-state index is 11.9. The number of phenols is 1. The van der Waals surface area contributed by atoms with Crippen molar-refractivity contribution >= 4 is 11.0 Å². The van der Waals surface area contributed by atoms with Gasteiger partial charge in [-0.15, -0.1) is 29.3 Å². The molecule has 0 saturated carbocycles. The van der Waals surface area contributed by atoms with Crippen LogP contribution in [0.2, 0.25) is 0 Å². The average Bonchev–Trinajstić information content (AvgIpc) is 3.77. The van der Waals surface area contributed by atoms with Crippen LogP contribution in [0.5, 0.6) is 5.75 Å². The molecule has 0 bridgehead atoms. The molecule has 4 nitrogen and oxygen atoms in total. The Morgan fingerprint density at radius 3 is 1.91 bits per heavy atom. The second-order valence-electron chi connectivity index (χ2n) is 21.4. The Bertz CT molecular complexity index is 3390. The zero-order valence-corrected chi connectivity index (χ0v) is 43.0. The van der Waals surface area contributed by atoms with Gasteiger partial charge in [-0.3, -0.25) is 9.55 Å². The SMILES string of the molecule is [2H]C1(c2ccccc2)C(C)(C)c2ccc(-c3ccnc(-c4[c-]c(-c5cccc6c5nc(-c5ccc(C(C)(C)C)cc5O)n6-c5ccccc5-c5ccccc5)cc(C(C)(C)C)c4)c3)cc2C1(C)C.[Pt]. The molecule has 2 aromatic heterocycles. The van der Waals surface area contributed by atoms with Crippen LogP contribution >= 0.6 is 0 Å². The quantitative estimate of drug-likeness (QED) is 0.162. The number of hydrogen-bond acceptors (Lipinski definition) is 3. The van der Waals surface area contributed by atoms with E-state index in [4.69, 9.17) is 9.97 Å². The molecule has 10 rings (SSSR count). The number of benzene rings is 7. The van der Waals surface area contributed by atoms with E-state index in [1.165, 1.54) is 11.1 Å². The van der Waals surface area contributed by atoms with Crippen molar-refractivity contribution < 1.29 is 27.5 Å². The van der Waals surface area contributed by atoms with E-state index in [-0.39, 0.29) is 37.6 Å². The van der Waals surface area contributed by atoms with Gasteiger partial charge in [-0.25, -0.2) is 4.98 Å². The van der Waals surface area contributed by atoms with Gasteiger partial charge in [0.1, 0.15) is 11.6 Å². The molecule has 1 aliphatic carbocycles. The summed E-state index contributed by atoms with van der Waals surface area (Å²) < 4.78 is 12.4. The van der Waals surface area contributed by atoms with Crippen LogP contribution in [-0.4, -0.2) is 19.6 Å². The number of para-hydroxylation sites is 2. The number of nitrogens with zero attached hydrogens (tertiary/aromatic N) is 3. The van der Waals surface area contributed by atoms with Crippen molar-refractivity contribution in [3.8, 4) is 67.5 Å². The van der Waals surface area contributed by atoms with Gasteiger partial charge >= 0.3 is 0 Å². The van der Waals surface area contributed by atoms with Gasteiger partial charge < -0.3 is 5.11 Å². The number of imidazole rings is 1. The van der Waals surface area contributed by atoms with Crippen molar-refractivity contribution in [3.05, 3.63) is 204 Å². The van der Waals surface area contributed by atoms with Crippen molar-refractivity contribution in [1.82, 2.24) is 14.5 Å². The van der Waals surface area contributed by atoms with Crippen LogP contribution in [0, 0.1) is 6.07 Å². The molecule has 0 radical (unpaired) electrons. The van der Waals surface area contributed by atoms with Gasteiger partial charge in [-0.1, -0.05) is 202 Å². The van der Waals surface area contributed by atoms with E-state index in [9.17, 15) is 6.48 Å². The molecule has 1 aliphatic rings. The average molecular weight is 1070 g/mol. The zero-order chi connectivity index (χ0) is 48.0. The maximum absolute atomic E-state index is 11.9. The molecular formula is C63H60N3OPt-. The van der Waals surface area contributed by atoms with Gasteiger partial charge in [0.2, 0.25) is 0 Å². The number of fused-ring (bicyclic) bond motifs is 2. The Balaban J connectivity index is 0.00000593. The summed E-state index contributed by atoms with van der Waals surface area (Å²) in [6, 6.07) is 61.0. The number of phenolic OH excluding ortho intramolecular Hbond substituents is 1. The van der Waals surface area contributed by atoms with Gasteiger partial charge in [0.25, 0.3) is 0 Å². The first-order valence-corrected chi connectivity index (χ1v) is 23.5. The monoisotopic (exact) mass is 1070 g/mol. The predicted molar refractivity (Wildman–Crippen MR) is 279 cm³/mol. The first-order chi connectivity index (χ1) is 32.3. The molecule has 0 spiro atoms. The van der Waals surface area contributed by atoms with Gasteiger partial charge in [0.05, 0.1) is 22.3 Å². The number of aromatic nitrogens is 3. The van der Waals surface area contributed by atoms with Gasteiger partial charge in [0, 0.05) is 45.8 Å². The standard InChI is InChI=1S/C63H60N3O.Pt/c1-60(2,3)46-29-30-50(56(67)39-46)59-65-57-49(25-19-27-55(57)66(59)54-26-18-17-24-48(54)40-20-13-11-14-21-40)44-34-45(36-47(35-44)61(4,5)6)53-38-43(32-33-64-53)42-28-31-51-52(37-42)63(9,10)58(62(51,7)8)41-22-15-12-16-23-41;/h11-33,35-39,58,67H,1-10H3;/q-1;/i58D;. The van der Waals surface area contributed by atoms with Crippen LogP contribution in [0.1, 0.15) is 104 Å². The van der Waals surface area contributed by atoms with Crippen LogP contribution in [0.3, 0.4) is 0 Å². The topological polar surface area (TPSA) is 50.9 Å². The van der Waals surface area contributed by atoms with Crippen LogP contribution in [0.25, 0.3) is 72.7 Å². The largest absolute Gasteiger partial charge is 0.507 e. The summed E-state index contributed by atoms with van der Waals surface area (Å²) in [6.45, 7) is 22.1. The molecule has 0 amide bonds. The fourth-order valence-electron chi connectivity index (χ4n) is 10.7. The van der Waals surface area contributed by atoms with E-state index in [1.54, 1.807) is 0 Å². The van der Waals surface area contributed by atoms with Crippen LogP contribution in [0.15, 0.2) is 170 Å². The summed E-state index contributed by atoms with van der Waals surface area (Å²) in [5, 5.41) is 11.9. The first kappa shape index (κ1) is 45.4. The van der Waals surface area contributed by atoms with Gasteiger partial charge in [0.15, 0.2) is 0 Å². The summed E-state index contributed by atoms with van der Waals surface area (Å²) in [5.74, 6) is -0.0253. The Hall–Kier alpha value is -6.35. The van der Waals surface area contributed by atoms with Crippen molar-refractivity contribution in [3.63, 3.8) is 0 Å². The molecule has 1 unspecified atom stereocenters. The third kappa shape index (κ3) is 8.15. The second kappa shape index (κ2) is 17.3. The molecule has 0 saturated heterocycles. The molecule has 2 heterocycles. The molecule has 7 aromatic carbocycles. The smallest absolute Gasteiger partial charge is 0.148 e. The third-order valence-electron chi connectivity index (χ3n) is 14.1. The van der Waals surface area contributed by atoms with Crippen LogP contribution < -0.4 is 0 Å². The van der Waals surface area contributed by atoms with E-state index in [2.05, 4.69) is 219 Å². The summed E-state index contributed by atoms with van der Waals surface area (Å²) in [5.41, 5.74) is 15.7. The Kier molecular flexibility index (Phi) is 11.6. The Morgan fingerprint density at radius 1 is 0.574 bits per heavy atom. The van der Waals surface area contributed by atoms with Crippen molar-refractivity contribution in [2.75, 3.05) is 0 Å². The van der Waals surface area contributed by atoms with Crippen molar-refractivity contribution in [1.29, 1.82) is 0 Å². The summed E-state index contributed by atoms with van der Waals surface area (Å²) in [7, 11) is 0. The summed E-state index contributed by atoms with van der Waals surface area (Å²) in [4.78, 5) is 10.5. The Labute approximate surface area is 418 Å². The fraction of sp³-hybridized carbons (Fsp3) is 0.238. The summed E-state index contributed by atoms with van der Waals surface area (Å²) in [6.07, 6.45) is 1.90. The first-order valence-electron chi connectivity index (χ1n) is 24.0. The fourth-order valence-corrected chi connectivity index (χ4v) is 10.7. The molecule has 5 heteroatoms. The van der Waals surface area contributed by atoms with Gasteiger partial charge in [-0.2, -0.15) is 0 Å². The van der Waals surface area contributed by atoms with Gasteiger partial charge in [-0.05, 0) is 90.9 Å². The molecule has 344 valence electrons. The number of pyridine rings is 1. The molecular weight excluding hydrogens is 1010 g/mol. The molecule has 0 fully saturated rings. The minimum Gasteiger partial charge on any atom is -0.507 e. The molecule has 68 heavy (non-hydrogen) atoms. The number of hydrogen-bond donors (Lipinski definition) is 1. The minimum absolute atomic E-state index is 0. The van der Waals surface area contributed by atoms with Crippen LogP contribution in [-0.2, 0) is 42.7 Å². The predicted octanol–water partition coefficient (Wildman–Crippen LogP) is 16.2. The number of rotatable bonds is 7. The molecule has 1 atom stereocenters. The van der Waals surface area contributed by atoms with E-state index >= 15 is 0 Å². The summed E-state index contributed by atoms with van der Waals surface area (Å²) >= 11 is 0. The van der Waals surface area contributed by atoms with Crippen LogP contribution in [0.4, 0.5) is 0 Å². The molecule has 1 N–H and O–H groups in total. The minimum atomic E-state index is -0.869. The normalized spacial score (nSPS) is 16.5. The van der Waals surface area contributed by atoms with E-state index in [0.717, 1.165) is 78.0 Å².